The molecular weight excluding hydrogens is 667 g/mol. The molecule has 0 aliphatic heterocycles. The van der Waals surface area contributed by atoms with Gasteiger partial charge in [0.05, 0.1) is 28.0 Å². The summed E-state index contributed by atoms with van der Waals surface area (Å²) in [5.74, 6) is -2.12. The summed E-state index contributed by atoms with van der Waals surface area (Å²) in [6, 6.07) is 18.1. The van der Waals surface area contributed by atoms with Gasteiger partial charge in [-0.05, 0) is 60.8 Å². The van der Waals surface area contributed by atoms with Gasteiger partial charge in [-0.3, -0.25) is 23.6 Å². The van der Waals surface area contributed by atoms with Crippen molar-refractivity contribution in [2.24, 2.45) is 27.5 Å². The fourth-order valence-electron chi connectivity index (χ4n) is 5.10. The van der Waals surface area contributed by atoms with Crippen LogP contribution in [0.3, 0.4) is 0 Å². The predicted molar refractivity (Wildman–Crippen MR) is 173 cm³/mol. The minimum absolute atomic E-state index is 0.209. The van der Waals surface area contributed by atoms with Crippen molar-refractivity contribution in [3.05, 3.63) is 95.0 Å². The third-order valence-electron chi connectivity index (χ3n) is 7.46. The molecule has 16 nitrogen and oxygen atoms in total. The standard InChI is InChI=1S/C30H23N7O9S2/c1-16-25(30(40)37(36(16)2)18-8-4-3-5-9-18)33-35-27-23(48(44,45)46)15-17-14-22(47(41,42)43)26(28(38)24(17)29(27)39)34-32-21-12-6-11-20-19(21)10-7-13-31-20/h3-15,38-39H,1-2H3,(H,41,42,43)(H,44,45,46). The fraction of sp³-hybridized carbons (Fsp3) is 0.0667. The number of phenolic OH excluding ortho intramolecular Hbond substituents is 2. The number of rotatable bonds is 7. The third kappa shape index (κ3) is 5.58. The van der Waals surface area contributed by atoms with Crippen LogP contribution in [0.2, 0.25) is 0 Å². The largest absolute Gasteiger partial charge is 0.505 e. The summed E-state index contributed by atoms with van der Waals surface area (Å²) in [5, 5.41) is 37.7. The lowest BCUT2D eigenvalue weighted by atomic mass is 10.1. The Bertz CT molecular complexity index is 2630. The fourth-order valence-corrected chi connectivity index (χ4v) is 6.41. The zero-order chi connectivity index (χ0) is 34.5. The Morgan fingerprint density at radius 3 is 1.92 bits per heavy atom. The van der Waals surface area contributed by atoms with E-state index in [9.17, 15) is 40.9 Å². The number of hydrogen-bond acceptors (Lipinski definition) is 12. The number of phenols is 2. The van der Waals surface area contributed by atoms with Crippen molar-refractivity contribution in [1.82, 2.24) is 14.3 Å². The minimum Gasteiger partial charge on any atom is -0.505 e. The molecule has 244 valence electrons. The number of para-hydroxylation sites is 1. The average Bonchev–Trinajstić information content (AvgIpc) is 3.25. The zero-order valence-electron chi connectivity index (χ0n) is 24.8. The van der Waals surface area contributed by atoms with Crippen molar-refractivity contribution in [2.75, 3.05) is 0 Å². The normalized spacial score (nSPS) is 12.6. The van der Waals surface area contributed by atoms with Gasteiger partial charge in [0, 0.05) is 18.6 Å². The molecular formula is C30H23N7O9S2. The highest BCUT2D eigenvalue weighted by Gasteiger charge is 2.29. The van der Waals surface area contributed by atoms with E-state index >= 15 is 0 Å². The Labute approximate surface area is 271 Å². The van der Waals surface area contributed by atoms with Crippen LogP contribution >= 0.6 is 0 Å². The monoisotopic (exact) mass is 689 g/mol. The van der Waals surface area contributed by atoms with Crippen molar-refractivity contribution in [1.29, 1.82) is 0 Å². The molecule has 0 atom stereocenters. The quantitative estimate of drug-likeness (QED) is 0.114. The van der Waals surface area contributed by atoms with Gasteiger partial charge in [0.1, 0.15) is 21.2 Å². The van der Waals surface area contributed by atoms with Crippen LogP contribution in [0.4, 0.5) is 22.7 Å². The third-order valence-corrected chi connectivity index (χ3v) is 9.19. The van der Waals surface area contributed by atoms with Crippen LogP contribution in [0, 0.1) is 6.92 Å². The van der Waals surface area contributed by atoms with E-state index in [1.165, 1.54) is 15.4 Å². The molecule has 2 aromatic heterocycles. The molecule has 0 amide bonds. The maximum atomic E-state index is 13.3. The number of fused-ring (bicyclic) bond motifs is 2. The van der Waals surface area contributed by atoms with Gasteiger partial charge in [-0.15, -0.1) is 20.5 Å². The van der Waals surface area contributed by atoms with Crippen LogP contribution in [-0.2, 0) is 27.3 Å². The molecule has 0 fully saturated rings. The van der Waals surface area contributed by atoms with Crippen LogP contribution in [0.5, 0.6) is 11.5 Å². The van der Waals surface area contributed by atoms with E-state index in [4.69, 9.17) is 0 Å². The van der Waals surface area contributed by atoms with Crippen LogP contribution in [0.15, 0.2) is 114 Å². The molecule has 0 saturated carbocycles. The molecule has 0 aliphatic rings. The maximum Gasteiger partial charge on any atom is 0.299 e. The van der Waals surface area contributed by atoms with E-state index in [0.29, 0.717) is 28.4 Å². The van der Waals surface area contributed by atoms with Gasteiger partial charge in [0.15, 0.2) is 17.2 Å². The van der Waals surface area contributed by atoms with Crippen LogP contribution in [0.25, 0.3) is 27.4 Å². The minimum atomic E-state index is -5.20. The second kappa shape index (κ2) is 11.8. The maximum absolute atomic E-state index is 13.3. The van der Waals surface area contributed by atoms with Gasteiger partial charge in [-0.25, -0.2) is 4.68 Å². The molecule has 0 radical (unpaired) electrons. The average molecular weight is 690 g/mol. The molecule has 4 aromatic carbocycles. The highest BCUT2D eigenvalue weighted by Crippen LogP contribution is 2.50. The van der Waals surface area contributed by atoms with Gasteiger partial charge in [0.2, 0.25) is 0 Å². The van der Waals surface area contributed by atoms with Gasteiger partial charge >= 0.3 is 0 Å². The number of hydrogen-bond donors (Lipinski definition) is 4. The second-order valence-electron chi connectivity index (χ2n) is 10.3. The zero-order valence-corrected chi connectivity index (χ0v) is 26.4. The topological polar surface area (TPSA) is 238 Å². The molecule has 0 aliphatic carbocycles. The Hall–Kier alpha value is -5.82. The first-order valence-corrected chi connectivity index (χ1v) is 16.6. The van der Waals surface area contributed by atoms with Gasteiger partial charge in [0.25, 0.3) is 25.8 Å². The van der Waals surface area contributed by atoms with E-state index in [2.05, 4.69) is 25.4 Å². The first-order valence-electron chi connectivity index (χ1n) is 13.7. The molecule has 48 heavy (non-hydrogen) atoms. The molecule has 6 aromatic rings. The summed E-state index contributed by atoms with van der Waals surface area (Å²) in [6.07, 6.45) is 1.55. The number of aromatic nitrogens is 3. The smallest absolute Gasteiger partial charge is 0.299 e. The number of azo groups is 2. The lowest BCUT2D eigenvalue weighted by Gasteiger charge is -2.13. The number of benzene rings is 4. The first-order chi connectivity index (χ1) is 22.7. The summed E-state index contributed by atoms with van der Waals surface area (Å²) in [6.45, 7) is 1.55. The summed E-state index contributed by atoms with van der Waals surface area (Å²) < 4.78 is 72.5. The Kier molecular flexibility index (Phi) is 7.87. The Balaban J connectivity index is 1.58. The highest BCUT2D eigenvalue weighted by molar-refractivity contribution is 7.86. The molecule has 2 heterocycles. The van der Waals surface area contributed by atoms with E-state index in [0.717, 1.165) is 6.07 Å². The van der Waals surface area contributed by atoms with Gasteiger partial charge in [-0.1, -0.05) is 24.3 Å². The number of aromatic hydroxyl groups is 2. The van der Waals surface area contributed by atoms with Crippen LogP contribution in [0.1, 0.15) is 5.69 Å². The molecule has 6 rings (SSSR count). The van der Waals surface area contributed by atoms with Crippen LogP contribution in [-0.4, -0.2) is 50.5 Å². The predicted octanol–water partition coefficient (Wildman–Crippen LogP) is 5.92. The number of nitrogens with zero attached hydrogens (tertiary/aromatic N) is 7. The lowest BCUT2D eigenvalue weighted by Crippen LogP contribution is -2.19. The molecule has 4 N–H and O–H groups in total. The van der Waals surface area contributed by atoms with E-state index in [1.807, 2.05) is 0 Å². The summed E-state index contributed by atoms with van der Waals surface area (Å²) in [5.41, 5.74) is -1.07. The van der Waals surface area contributed by atoms with E-state index < -0.39 is 69.2 Å². The van der Waals surface area contributed by atoms with Crippen LogP contribution < -0.4 is 5.56 Å². The highest BCUT2D eigenvalue weighted by atomic mass is 32.2. The lowest BCUT2D eigenvalue weighted by molar-refractivity contribution is 0.458. The summed E-state index contributed by atoms with van der Waals surface area (Å²) in [4.78, 5) is 15.5. The summed E-state index contributed by atoms with van der Waals surface area (Å²) in [7, 11) is -8.77. The Morgan fingerprint density at radius 2 is 1.31 bits per heavy atom. The first kappa shape index (κ1) is 32.1. The molecule has 18 heteroatoms. The van der Waals surface area contributed by atoms with Crippen molar-refractivity contribution in [3.63, 3.8) is 0 Å². The molecule has 0 bridgehead atoms. The Morgan fingerprint density at radius 1 is 0.729 bits per heavy atom. The van der Waals surface area contributed by atoms with Gasteiger partial charge < -0.3 is 10.2 Å². The van der Waals surface area contributed by atoms with Crippen molar-refractivity contribution in [2.45, 2.75) is 16.7 Å². The van der Waals surface area contributed by atoms with E-state index in [-0.39, 0.29) is 11.4 Å². The second-order valence-corrected chi connectivity index (χ2v) is 13.1. The van der Waals surface area contributed by atoms with Crippen molar-refractivity contribution in [3.8, 4) is 17.2 Å². The van der Waals surface area contributed by atoms with E-state index in [1.54, 1.807) is 74.8 Å². The van der Waals surface area contributed by atoms with Crippen molar-refractivity contribution >= 4 is 64.7 Å². The molecule has 0 spiro atoms. The molecule has 0 unspecified atom stereocenters. The molecule has 0 saturated heterocycles. The van der Waals surface area contributed by atoms with Crippen molar-refractivity contribution < 1.29 is 36.2 Å². The SMILES string of the molecule is Cc1c(N=Nc2c(S(=O)(=O)O)cc3cc(S(=O)(=O)O)c(N=Nc4cccc5ncccc45)c(O)c3c2O)c(=O)n(-c2ccccc2)n1C. The van der Waals surface area contributed by atoms with Gasteiger partial charge in [-0.2, -0.15) is 16.8 Å². The number of pyridine rings is 1. The summed E-state index contributed by atoms with van der Waals surface area (Å²) >= 11 is 0.